The standard InChI is InChI=1S/C25H24ClN5O2/c26-22-8-4-7-21(17-22)24(32)28-18-31(16-15-30-14-13-27-25(30)33)29-23-11-9-20(10-12-23)19-5-2-1-3-6-19/h1-12,17-18,29H,13-16H2,(H,27,33). The first-order chi connectivity index (χ1) is 16.1. The largest absolute Gasteiger partial charge is 0.336 e. The Balaban J connectivity index is 1.47. The van der Waals surface area contributed by atoms with Crippen LogP contribution in [-0.2, 0) is 0 Å². The number of aliphatic imine (C=N–C) groups is 1. The van der Waals surface area contributed by atoms with Gasteiger partial charge >= 0.3 is 6.03 Å². The van der Waals surface area contributed by atoms with Gasteiger partial charge in [0, 0.05) is 30.2 Å². The van der Waals surface area contributed by atoms with E-state index in [9.17, 15) is 9.59 Å². The molecule has 3 amide bonds. The second-order valence-electron chi connectivity index (χ2n) is 7.53. The molecule has 4 rings (SSSR count). The Morgan fingerprint density at radius 2 is 1.82 bits per heavy atom. The van der Waals surface area contributed by atoms with Gasteiger partial charge < -0.3 is 10.2 Å². The summed E-state index contributed by atoms with van der Waals surface area (Å²) in [5, 5.41) is 4.97. The van der Waals surface area contributed by atoms with Crippen molar-refractivity contribution in [2.45, 2.75) is 0 Å². The lowest BCUT2D eigenvalue weighted by molar-refractivity contribution is 0.100. The summed E-state index contributed by atoms with van der Waals surface area (Å²) in [7, 11) is 0. The maximum absolute atomic E-state index is 12.5. The molecule has 0 aromatic heterocycles. The summed E-state index contributed by atoms with van der Waals surface area (Å²) in [6.45, 7) is 2.21. The number of halogens is 1. The van der Waals surface area contributed by atoms with Crippen LogP contribution in [0.4, 0.5) is 10.5 Å². The highest BCUT2D eigenvalue weighted by atomic mass is 35.5. The molecule has 1 fully saturated rings. The zero-order chi connectivity index (χ0) is 23.0. The summed E-state index contributed by atoms with van der Waals surface area (Å²) in [6, 6.07) is 24.7. The molecule has 0 radical (unpaired) electrons. The minimum absolute atomic E-state index is 0.0888. The first kappa shape index (κ1) is 22.4. The molecule has 8 heteroatoms. The van der Waals surface area contributed by atoms with Crippen molar-refractivity contribution >= 4 is 35.6 Å². The van der Waals surface area contributed by atoms with Crippen LogP contribution in [0.2, 0.25) is 5.02 Å². The molecule has 1 saturated heterocycles. The average Bonchev–Trinajstić information content (AvgIpc) is 3.26. The fourth-order valence-electron chi connectivity index (χ4n) is 3.45. The van der Waals surface area contributed by atoms with Crippen molar-refractivity contribution in [1.29, 1.82) is 0 Å². The molecule has 0 aliphatic carbocycles. The number of urea groups is 1. The monoisotopic (exact) mass is 461 g/mol. The van der Waals surface area contributed by atoms with E-state index in [-0.39, 0.29) is 6.03 Å². The molecule has 1 aliphatic heterocycles. The van der Waals surface area contributed by atoms with E-state index < -0.39 is 5.91 Å². The van der Waals surface area contributed by atoms with Crippen LogP contribution in [0.3, 0.4) is 0 Å². The summed E-state index contributed by atoms with van der Waals surface area (Å²) in [5.41, 5.74) is 6.74. The third-order valence-corrected chi connectivity index (χ3v) is 5.44. The minimum atomic E-state index is -0.400. The summed E-state index contributed by atoms with van der Waals surface area (Å²) >= 11 is 5.98. The van der Waals surface area contributed by atoms with Crippen LogP contribution < -0.4 is 10.7 Å². The number of anilines is 1. The lowest BCUT2D eigenvalue weighted by atomic mass is 10.1. The van der Waals surface area contributed by atoms with E-state index in [0.29, 0.717) is 36.8 Å². The lowest BCUT2D eigenvalue weighted by Gasteiger charge is -2.24. The summed E-state index contributed by atoms with van der Waals surface area (Å²) in [5.74, 6) is -0.400. The van der Waals surface area contributed by atoms with Crippen molar-refractivity contribution in [3.63, 3.8) is 0 Å². The summed E-state index contributed by atoms with van der Waals surface area (Å²) in [4.78, 5) is 30.2. The van der Waals surface area contributed by atoms with Gasteiger partial charge in [0.1, 0.15) is 6.34 Å². The maximum atomic E-state index is 12.5. The Kier molecular flexibility index (Phi) is 7.22. The van der Waals surface area contributed by atoms with Crippen molar-refractivity contribution in [1.82, 2.24) is 15.2 Å². The number of carbonyl (C=O) groups excluding carboxylic acids is 2. The average molecular weight is 462 g/mol. The van der Waals surface area contributed by atoms with Crippen LogP contribution >= 0.6 is 11.6 Å². The molecule has 1 aliphatic rings. The van der Waals surface area contributed by atoms with Crippen molar-refractivity contribution in [2.24, 2.45) is 4.99 Å². The van der Waals surface area contributed by atoms with Crippen LogP contribution in [0.1, 0.15) is 10.4 Å². The molecule has 0 unspecified atom stereocenters. The Labute approximate surface area is 197 Å². The van der Waals surface area contributed by atoms with E-state index in [4.69, 9.17) is 11.6 Å². The van der Waals surface area contributed by atoms with E-state index in [2.05, 4.69) is 27.9 Å². The molecule has 33 heavy (non-hydrogen) atoms. The number of hydrogen-bond donors (Lipinski definition) is 2. The highest BCUT2D eigenvalue weighted by Crippen LogP contribution is 2.21. The van der Waals surface area contributed by atoms with Crippen molar-refractivity contribution in [3.8, 4) is 11.1 Å². The first-order valence-electron chi connectivity index (χ1n) is 10.6. The molecule has 3 aromatic rings. The second kappa shape index (κ2) is 10.7. The van der Waals surface area contributed by atoms with Gasteiger partial charge in [0.05, 0.1) is 12.2 Å². The number of amides is 3. The van der Waals surface area contributed by atoms with Gasteiger partial charge in [0.2, 0.25) is 0 Å². The summed E-state index contributed by atoms with van der Waals surface area (Å²) in [6.07, 6.45) is 1.45. The normalized spacial score (nSPS) is 13.2. The van der Waals surface area contributed by atoms with Gasteiger partial charge in [-0.15, -0.1) is 0 Å². The molecular formula is C25H24ClN5O2. The SMILES string of the molecule is O=C(N=CN(CCN1CCNC1=O)Nc1ccc(-c2ccccc2)cc1)c1cccc(Cl)c1. The Hall–Kier alpha value is -3.84. The predicted octanol–water partition coefficient (Wildman–Crippen LogP) is 4.53. The van der Waals surface area contributed by atoms with Gasteiger partial charge in [-0.05, 0) is 41.5 Å². The number of rotatable bonds is 8. The summed E-state index contributed by atoms with van der Waals surface area (Å²) < 4.78 is 0. The fraction of sp³-hybridized carbons (Fsp3) is 0.160. The number of nitrogens with zero attached hydrogens (tertiary/aromatic N) is 3. The highest BCUT2D eigenvalue weighted by molar-refractivity contribution is 6.31. The zero-order valence-corrected chi connectivity index (χ0v) is 18.7. The number of benzene rings is 3. The van der Waals surface area contributed by atoms with Gasteiger partial charge in [0.15, 0.2) is 0 Å². The molecule has 0 saturated carbocycles. The number of hydrogen-bond acceptors (Lipinski definition) is 3. The highest BCUT2D eigenvalue weighted by Gasteiger charge is 2.19. The topological polar surface area (TPSA) is 77.0 Å². The third kappa shape index (κ3) is 6.11. The Morgan fingerprint density at radius 3 is 2.52 bits per heavy atom. The van der Waals surface area contributed by atoms with Gasteiger partial charge in [-0.3, -0.25) is 15.2 Å². The minimum Gasteiger partial charge on any atom is -0.336 e. The van der Waals surface area contributed by atoms with E-state index >= 15 is 0 Å². The molecule has 168 valence electrons. The van der Waals surface area contributed by atoms with Crippen molar-refractivity contribution in [2.75, 3.05) is 31.6 Å². The van der Waals surface area contributed by atoms with Crippen LogP contribution in [0.25, 0.3) is 11.1 Å². The van der Waals surface area contributed by atoms with Crippen LogP contribution in [-0.4, -0.2) is 54.4 Å². The van der Waals surface area contributed by atoms with Gasteiger partial charge in [-0.1, -0.05) is 60.1 Å². The van der Waals surface area contributed by atoms with Gasteiger partial charge in [-0.2, -0.15) is 4.99 Å². The number of carbonyl (C=O) groups is 2. The molecule has 0 bridgehead atoms. The predicted molar refractivity (Wildman–Crippen MR) is 131 cm³/mol. The van der Waals surface area contributed by atoms with E-state index in [1.54, 1.807) is 34.2 Å². The van der Waals surface area contributed by atoms with E-state index in [1.165, 1.54) is 6.34 Å². The molecular weight excluding hydrogens is 438 g/mol. The molecule has 2 N–H and O–H groups in total. The molecule has 7 nitrogen and oxygen atoms in total. The fourth-order valence-corrected chi connectivity index (χ4v) is 3.64. The molecule has 0 spiro atoms. The van der Waals surface area contributed by atoms with Crippen LogP contribution in [0.5, 0.6) is 0 Å². The van der Waals surface area contributed by atoms with E-state index in [1.807, 2.05) is 42.5 Å². The number of hydrazine groups is 1. The van der Waals surface area contributed by atoms with Crippen LogP contribution in [0.15, 0.2) is 83.9 Å². The third-order valence-electron chi connectivity index (χ3n) is 5.21. The van der Waals surface area contributed by atoms with E-state index in [0.717, 1.165) is 16.8 Å². The smallest absolute Gasteiger partial charge is 0.317 e. The van der Waals surface area contributed by atoms with Crippen LogP contribution in [0, 0.1) is 0 Å². The lowest BCUT2D eigenvalue weighted by Crippen LogP contribution is -2.39. The molecule has 1 heterocycles. The van der Waals surface area contributed by atoms with Gasteiger partial charge in [-0.25, -0.2) is 4.79 Å². The molecule has 3 aromatic carbocycles. The molecule has 0 atom stereocenters. The second-order valence-corrected chi connectivity index (χ2v) is 7.96. The first-order valence-corrected chi connectivity index (χ1v) is 11.0. The Bertz CT molecular complexity index is 1140. The maximum Gasteiger partial charge on any atom is 0.317 e. The zero-order valence-electron chi connectivity index (χ0n) is 17.9. The van der Waals surface area contributed by atoms with Gasteiger partial charge in [0.25, 0.3) is 5.91 Å². The quantitative estimate of drug-likeness (QED) is 0.293. The van der Waals surface area contributed by atoms with Crippen molar-refractivity contribution < 1.29 is 9.59 Å². The number of nitrogens with one attached hydrogen (secondary N) is 2. The van der Waals surface area contributed by atoms with Crippen molar-refractivity contribution in [3.05, 3.63) is 89.4 Å². The Morgan fingerprint density at radius 1 is 1.06 bits per heavy atom.